The van der Waals surface area contributed by atoms with Gasteiger partial charge in [-0.25, -0.2) is 4.68 Å². The maximum atomic E-state index is 12.7. The quantitative estimate of drug-likeness (QED) is 0.685. The molecule has 0 aliphatic carbocycles. The zero-order valence-corrected chi connectivity index (χ0v) is 17.4. The van der Waals surface area contributed by atoms with E-state index >= 15 is 0 Å². The molecule has 28 heavy (non-hydrogen) atoms. The van der Waals surface area contributed by atoms with Gasteiger partial charge in [0.1, 0.15) is 0 Å². The van der Waals surface area contributed by atoms with Crippen molar-refractivity contribution >= 4 is 17.5 Å². The Bertz CT molecular complexity index is 779. The molecule has 0 saturated carbocycles. The maximum Gasteiger partial charge on any atom is 0.254 e. The van der Waals surface area contributed by atoms with E-state index in [0.717, 1.165) is 51.4 Å². The minimum Gasteiger partial charge on any atom is -0.382 e. The molecule has 3 rings (SSSR count). The van der Waals surface area contributed by atoms with Gasteiger partial charge in [0.15, 0.2) is 0 Å². The predicted molar refractivity (Wildman–Crippen MR) is 111 cm³/mol. The first-order valence-electron chi connectivity index (χ1n) is 9.99. The van der Waals surface area contributed by atoms with Gasteiger partial charge in [-0.2, -0.15) is 5.10 Å². The van der Waals surface area contributed by atoms with Crippen LogP contribution >= 0.6 is 11.6 Å². The lowest BCUT2D eigenvalue weighted by molar-refractivity contribution is 0.0843. The fraction of sp³-hybridized carbons (Fsp3) is 0.524. The molecule has 1 aliphatic rings. The van der Waals surface area contributed by atoms with Crippen molar-refractivity contribution in [3.63, 3.8) is 0 Å². The summed E-state index contributed by atoms with van der Waals surface area (Å²) in [5, 5.41) is 8.08. The average Bonchev–Trinajstić information content (AvgIpc) is 3.18. The van der Waals surface area contributed by atoms with Crippen molar-refractivity contribution in [3.05, 3.63) is 47.2 Å². The van der Waals surface area contributed by atoms with Crippen molar-refractivity contribution in [1.29, 1.82) is 0 Å². The van der Waals surface area contributed by atoms with E-state index in [4.69, 9.17) is 16.3 Å². The highest BCUT2D eigenvalue weighted by molar-refractivity contribution is 6.32. The lowest BCUT2D eigenvalue weighted by Gasteiger charge is -2.37. The number of piperidine rings is 1. The van der Waals surface area contributed by atoms with Crippen LogP contribution in [0.1, 0.15) is 37.0 Å². The molecule has 1 aromatic heterocycles. The van der Waals surface area contributed by atoms with Crippen LogP contribution in [0, 0.1) is 5.92 Å². The molecule has 0 bridgehead atoms. The van der Waals surface area contributed by atoms with Crippen molar-refractivity contribution in [2.24, 2.45) is 5.92 Å². The number of carbonyl (C=O) groups excluding carboxylic acids is 1. The van der Waals surface area contributed by atoms with Crippen molar-refractivity contribution in [2.45, 2.75) is 32.7 Å². The number of nitrogens with one attached hydrogen (secondary N) is 1. The number of benzene rings is 1. The summed E-state index contributed by atoms with van der Waals surface area (Å²) in [6.07, 6.45) is 5.33. The summed E-state index contributed by atoms with van der Waals surface area (Å²) in [5.41, 5.74) is 1.31. The van der Waals surface area contributed by atoms with Gasteiger partial charge in [-0.3, -0.25) is 4.79 Å². The smallest absolute Gasteiger partial charge is 0.254 e. The molecule has 1 aromatic carbocycles. The fourth-order valence-electron chi connectivity index (χ4n) is 3.65. The number of likely N-dealkylation sites (tertiary alicyclic amines) is 1. The molecule has 2 atom stereocenters. The zero-order chi connectivity index (χ0) is 19.9. The van der Waals surface area contributed by atoms with Crippen molar-refractivity contribution in [2.75, 3.05) is 32.8 Å². The van der Waals surface area contributed by atoms with Gasteiger partial charge in [-0.15, -0.1) is 0 Å². The first-order valence-corrected chi connectivity index (χ1v) is 10.4. The predicted octanol–water partition coefficient (Wildman–Crippen LogP) is 3.39. The number of rotatable bonds is 8. The van der Waals surface area contributed by atoms with Crippen LogP contribution in [0.2, 0.25) is 5.02 Å². The van der Waals surface area contributed by atoms with E-state index in [2.05, 4.69) is 22.2 Å². The number of ether oxygens (including phenoxy) is 1. The minimum absolute atomic E-state index is 0.0834. The van der Waals surface area contributed by atoms with Crippen LogP contribution in [0.3, 0.4) is 0 Å². The van der Waals surface area contributed by atoms with E-state index < -0.39 is 0 Å². The second-order valence-corrected chi connectivity index (χ2v) is 7.73. The molecular formula is C21H29ClN4O2. The Hall–Kier alpha value is -1.89. The summed E-state index contributed by atoms with van der Waals surface area (Å²) in [6, 6.07) is 7.63. The van der Waals surface area contributed by atoms with Gasteiger partial charge >= 0.3 is 0 Å². The number of para-hydroxylation sites is 1. The standard InChI is InChI=1S/C21H29ClN4O2/c1-3-28-12-6-10-25-11-9-19(16(2)14-25)24-21(27)17-13-23-26(15-17)20-8-5-4-7-18(20)22/h4-5,7-8,13,15-16,19H,3,6,9-12,14H2,1-2H3,(H,24,27). The molecule has 0 spiro atoms. The van der Waals surface area contributed by atoms with Crippen molar-refractivity contribution in [1.82, 2.24) is 20.0 Å². The van der Waals surface area contributed by atoms with E-state index in [1.54, 1.807) is 17.1 Å². The number of hydrogen-bond donors (Lipinski definition) is 1. The molecule has 0 radical (unpaired) electrons. The third-order valence-electron chi connectivity index (χ3n) is 5.22. The largest absolute Gasteiger partial charge is 0.382 e. The molecule has 2 aromatic rings. The number of amides is 1. The van der Waals surface area contributed by atoms with Gasteiger partial charge in [0, 0.05) is 45.1 Å². The van der Waals surface area contributed by atoms with Crippen molar-refractivity contribution in [3.8, 4) is 5.69 Å². The van der Waals surface area contributed by atoms with Gasteiger partial charge in [-0.05, 0) is 37.8 Å². The summed E-state index contributed by atoms with van der Waals surface area (Å²) in [7, 11) is 0. The number of halogens is 1. The number of hydrogen-bond acceptors (Lipinski definition) is 4. The Labute approximate surface area is 171 Å². The van der Waals surface area contributed by atoms with E-state index in [1.807, 2.05) is 31.2 Å². The molecule has 1 aliphatic heterocycles. The second kappa shape index (κ2) is 10.0. The molecule has 1 N–H and O–H groups in total. The molecule has 1 fully saturated rings. The topological polar surface area (TPSA) is 59.4 Å². The van der Waals surface area contributed by atoms with Crippen LogP contribution in [0.5, 0.6) is 0 Å². The Morgan fingerprint density at radius 1 is 1.39 bits per heavy atom. The normalized spacial score (nSPS) is 20.2. The summed E-state index contributed by atoms with van der Waals surface area (Å²) >= 11 is 6.22. The molecule has 152 valence electrons. The Morgan fingerprint density at radius 2 is 2.21 bits per heavy atom. The first-order chi connectivity index (χ1) is 13.6. The summed E-state index contributed by atoms with van der Waals surface area (Å²) < 4.78 is 7.06. The van der Waals surface area contributed by atoms with Crippen LogP contribution in [0.25, 0.3) is 5.69 Å². The highest BCUT2D eigenvalue weighted by Gasteiger charge is 2.27. The highest BCUT2D eigenvalue weighted by Crippen LogP contribution is 2.20. The molecule has 2 unspecified atom stereocenters. The average molecular weight is 405 g/mol. The summed E-state index contributed by atoms with van der Waals surface area (Å²) in [4.78, 5) is 15.1. The third kappa shape index (κ3) is 5.34. The summed E-state index contributed by atoms with van der Waals surface area (Å²) in [5.74, 6) is 0.323. The monoisotopic (exact) mass is 404 g/mol. The third-order valence-corrected chi connectivity index (χ3v) is 5.54. The van der Waals surface area contributed by atoms with E-state index in [1.165, 1.54) is 0 Å². The molecule has 6 nitrogen and oxygen atoms in total. The SMILES string of the molecule is CCOCCCN1CCC(NC(=O)c2cnn(-c3ccccc3Cl)c2)C(C)C1. The lowest BCUT2D eigenvalue weighted by Crippen LogP contribution is -2.50. The van der Waals surface area contributed by atoms with Gasteiger partial charge in [0.2, 0.25) is 0 Å². The van der Waals surface area contributed by atoms with Crippen LogP contribution < -0.4 is 5.32 Å². The summed E-state index contributed by atoms with van der Waals surface area (Å²) in [6.45, 7) is 8.86. The number of aromatic nitrogens is 2. The Morgan fingerprint density at radius 3 is 2.96 bits per heavy atom. The minimum atomic E-state index is -0.0834. The molecule has 1 saturated heterocycles. The second-order valence-electron chi connectivity index (χ2n) is 7.32. The maximum absolute atomic E-state index is 12.7. The van der Waals surface area contributed by atoms with Crippen LogP contribution in [-0.2, 0) is 4.74 Å². The molecule has 7 heteroatoms. The number of carbonyl (C=O) groups is 1. The van der Waals surface area contributed by atoms with E-state index in [0.29, 0.717) is 16.5 Å². The van der Waals surface area contributed by atoms with Gasteiger partial charge in [0.05, 0.1) is 22.5 Å². The van der Waals surface area contributed by atoms with Gasteiger partial charge < -0.3 is 15.0 Å². The Kier molecular flexibility index (Phi) is 7.48. The molecular weight excluding hydrogens is 376 g/mol. The van der Waals surface area contributed by atoms with E-state index in [-0.39, 0.29) is 11.9 Å². The van der Waals surface area contributed by atoms with Gasteiger partial charge in [-0.1, -0.05) is 30.7 Å². The highest BCUT2D eigenvalue weighted by atomic mass is 35.5. The fourth-order valence-corrected chi connectivity index (χ4v) is 3.87. The Balaban J connectivity index is 1.52. The van der Waals surface area contributed by atoms with Gasteiger partial charge in [0.25, 0.3) is 5.91 Å². The van der Waals surface area contributed by atoms with E-state index in [9.17, 15) is 4.79 Å². The van der Waals surface area contributed by atoms with Crippen LogP contribution in [0.15, 0.2) is 36.7 Å². The first kappa shape index (κ1) is 20.8. The zero-order valence-electron chi connectivity index (χ0n) is 16.6. The van der Waals surface area contributed by atoms with Crippen LogP contribution in [0.4, 0.5) is 0 Å². The lowest BCUT2D eigenvalue weighted by atomic mass is 9.93. The van der Waals surface area contributed by atoms with Crippen LogP contribution in [-0.4, -0.2) is 59.5 Å². The van der Waals surface area contributed by atoms with Crippen molar-refractivity contribution < 1.29 is 9.53 Å². The number of nitrogens with zero attached hydrogens (tertiary/aromatic N) is 3. The molecule has 1 amide bonds. The molecule has 2 heterocycles.